The van der Waals surface area contributed by atoms with E-state index >= 15 is 0 Å². The minimum Gasteiger partial charge on any atom is -0.482 e. The van der Waals surface area contributed by atoms with Gasteiger partial charge in [-0.3, -0.25) is 9.79 Å². The van der Waals surface area contributed by atoms with E-state index in [1.807, 2.05) is 23.6 Å². The van der Waals surface area contributed by atoms with E-state index in [1.165, 1.54) is 23.5 Å². The summed E-state index contributed by atoms with van der Waals surface area (Å²) in [6, 6.07) is 11.6. The highest BCUT2D eigenvalue weighted by molar-refractivity contribution is 7.07. The summed E-state index contributed by atoms with van der Waals surface area (Å²) < 4.78 is 20.2. The Morgan fingerprint density at radius 3 is 2.85 bits per heavy atom. The van der Waals surface area contributed by atoms with Crippen LogP contribution in [0.1, 0.15) is 5.56 Å². The predicted octanol–water partition coefficient (Wildman–Crippen LogP) is 3.10. The summed E-state index contributed by atoms with van der Waals surface area (Å²) in [5, 5.41) is 9.26. The van der Waals surface area contributed by atoms with Crippen LogP contribution in [0.3, 0.4) is 0 Å². The summed E-state index contributed by atoms with van der Waals surface area (Å²) >= 11 is 1.45. The summed E-state index contributed by atoms with van der Waals surface area (Å²) in [6.07, 6.45) is 1.65. The number of carbonyl (C=O) groups is 1. The number of anilines is 1. The van der Waals surface area contributed by atoms with Crippen LogP contribution in [0.25, 0.3) is 11.3 Å². The van der Waals surface area contributed by atoms with Crippen molar-refractivity contribution in [1.29, 1.82) is 0 Å². The van der Waals surface area contributed by atoms with E-state index in [1.54, 1.807) is 30.1 Å². The Morgan fingerprint density at radius 1 is 1.26 bits per heavy atom. The minimum absolute atomic E-state index is 0.0195. The third-order valence-corrected chi connectivity index (χ3v) is 4.88. The molecule has 2 aromatic carbocycles. The number of fused-ring (bicyclic) bond motifs is 1. The molecule has 8 heteroatoms. The molecule has 1 N–H and O–H groups in total. The van der Waals surface area contributed by atoms with Crippen molar-refractivity contribution >= 4 is 29.1 Å². The number of ether oxygens (including phenoxy) is 1. The van der Waals surface area contributed by atoms with Crippen molar-refractivity contribution in [2.75, 3.05) is 19.0 Å². The molecule has 27 heavy (non-hydrogen) atoms. The molecule has 0 atom stereocenters. The number of amides is 1. The molecule has 0 aliphatic carbocycles. The summed E-state index contributed by atoms with van der Waals surface area (Å²) in [5.41, 5.74) is 3.08. The van der Waals surface area contributed by atoms with Crippen LogP contribution in [-0.4, -0.2) is 30.5 Å². The number of halogens is 1. The molecule has 1 aromatic heterocycles. The van der Waals surface area contributed by atoms with Gasteiger partial charge < -0.3 is 10.1 Å². The van der Waals surface area contributed by atoms with Crippen molar-refractivity contribution in [3.63, 3.8) is 0 Å². The van der Waals surface area contributed by atoms with Gasteiger partial charge in [0, 0.05) is 18.0 Å². The average Bonchev–Trinajstić information content (AvgIpc) is 3.10. The molecule has 0 saturated carbocycles. The van der Waals surface area contributed by atoms with E-state index in [0.717, 1.165) is 16.8 Å². The third kappa shape index (κ3) is 3.52. The molecule has 0 spiro atoms. The number of thiazole rings is 1. The monoisotopic (exact) mass is 382 g/mol. The number of nitrogens with zero attached hydrogens (tertiary/aromatic N) is 3. The van der Waals surface area contributed by atoms with Crippen LogP contribution < -0.4 is 14.9 Å². The quantitative estimate of drug-likeness (QED) is 0.708. The molecule has 136 valence electrons. The van der Waals surface area contributed by atoms with Crippen LogP contribution in [0.15, 0.2) is 57.9 Å². The van der Waals surface area contributed by atoms with Gasteiger partial charge in [-0.1, -0.05) is 12.1 Å². The van der Waals surface area contributed by atoms with E-state index in [9.17, 15) is 9.18 Å². The van der Waals surface area contributed by atoms with Gasteiger partial charge in [-0.15, -0.1) is 11.3 Å². The zero-order chi connectivity index (χ0) is 18.8. The average molecular weight is 382 g/mol. The highest BCUT2D eigenvalue weighted by Crippen LogP contribution is 2.32. The largest absolute Gasteiger partial charge is 0.482 e. The number of aromatic nitrogens is 1. The molecule has 0 bridgehead atoms. The van der Waals surface area contributed by atoms with Crippen molar-refractivity contribution in [2.45, 2.75) is 0 Å². The van der Waals surface area contributed by atoms with Gasteiger partial charge in [-0.2, -0.15) is 5.10 Å². The summed E-state index contributed by atoms with van der Waals surface area (Å²) in [4.78, 5) is 16.5. The SMILES string of the molecule is CN=c1scc(-c2ccc3c(c2)NC(=O)CO3)n1N=Cc1ccc(F)cc1. The lowest BCUT2D eigenvalue weighted by Gasteiger charge is -2.18. The summed E-state index contributed by atoms with van der Waals surface area (Å²) in [7, 11) is 1.69. The molecule has 4 rings (SSSR count). The lowest BCUT2D eigenvalue weighted by atomic mass is 10.1. The topological polar surface area (TPSA) is 68.0 Å². The number of hydrogen-bond donors (Lipinski definition) is 1. The molecule has 0 radical (unpaired) electrons. The van der Waals surface area contributed by atoms with Gasteiger partial charge in [0.25, 0.3) is 5.91 Å². The number of benzene rings is 2. The normalized spacial score (nSPS) is 14.1. The molecule has 1 aliphatic heterocycles. The zero-order valence-electron chi connectivity index (χ0n) is 14.3. The standard InChI is InChI=1S/C19H15FN4O2S/c1-21-19-24(22-9-12-2-5-14(20)6-3-12)16(11-27-19)13-4-7-17-15(8-13)23-18(25)10-26-17/h2-9,11H,10H2,1H3,(H,23,25). The Morgan fingerprint density at radius 2 is 2.07 bits per heavy atom. The third-order valence-electron chi connectivity index (χ3n) is 3.98. The lowest BCUT2D eigenvalue weighted by Crippen LogP contribution is -2.25. The van der Waals surface area contributed by atoms with Gasteiger partial charge in [-0.05, 0) is 35.9 Å². The van der Waals surface area contributed by atoms with E-state index < -0.39 is 0 Å². The number of nitrogens with one attached hydrogen (secondary N) is 1. The Kier molecular flexibility index (Phi) is 4.55. The van der Waals surface area contributed by atoms with Gasteiger partial charge in [-0.25, -0.2) is 9.07 Å². The Bertz CT molecular complexity index is 1100. The van der Waals surface area contributed by atoms with E-state index in [0.29, 0.717) is 16.2 Å². The van der Waals surface area contributed by atoms with Crippen molar-refractivity contribution in [1.82, 2.24) is 4.68 Å². The van der Waals surface area contributed by atoms with Gasteiger partial charge in [0.15, 0.2) is 6.61 Å². The van der Waals surface area contributed by atoms with Gasteiger partial charge >= 0.3 is 0 Å². The molecular formula is C19H15FN4O2S. The second-order valence-corrected chi connectivity index (χ2v) is 6.62. The van der Waals surface area contributed by atoms with Crippen LogP contribution in [0.5, 0.6) is 5.75 Å². The van der Waals surface area contributed by atoms with Crippen LogP contribution >= 0.6 is 11.3 Å². The van der Waals surface area contributed by atoms with E-state index in [2.05, 4.69) is 15.4 Å². The van der Waals surface area contributed by atoms with Crippen LogP contribution in [0.2, 0.25) is 0 Å². The maximum atomic E-state index is 13.1. The van der Waals surface area contributed by atoms with Crippen molar-refractivity contribution in [3.8, 4) is 17.0 Å². The maximum Gasteiger partial charge on any atom is 0.262 e. The number of rotatable bonds is 3. The van der Waals surface area contributed by atoms with Crippen LogP contribution in [-0.2, 0) is 4.79 Å². The van der Waals surface area contributed by atoms with Gasteiger partial charge in [0.05, 0.1) is 17.6 Å². The van der Waals surface area contributed by atoms with Crippen LogP contribution in [0, 0.1) is 5.82 Å². The van der Waals surface area contributed by atoms with E-state index in [4.69, 9.17) is 4.74 Å². The van der Waals surface area contributed by atoms with Crippen molar-refractivity contribution in [3.05, 3.63) is 64.0 Å². The van der Waals surface area contributed by atoms with Gasteiger partial charge in [0.2, 0.25) is 4.80 Å². The highest BCUT2D eigenvalue weighted by Gasteiger charge is 2.17. The highest BCUT2D eigenvalue weighted by atomic mass is 32.1. The molecule has 6 nitrogen and oxygen atoms in total. The minimum atomic E-state index is -0.293. The molecule has 3 aromatic rings. The Labute approximate surface area is 158 Å². The van der Waals surface area contributed by atoms with Crippen molar-refractivity contribution < 1.29 is 13.9 Å². The number of carbonyl (C=O) groups excluding carboxylic acids is 1. The first-order valence-corrected chi connectivity index (χ1v) is 9.02. The van der Waals surface area contributed by atoms with Crippen molar-refractivity contribution in [2.24, 2.45) is 10.1 Å². The second kappa shape index (κ2) is 7.16. The molecule has 0 saturated heterocycles. The maximum absolute atomic E-state index is 13.1. The molecule has 0 unspecified atom stereocenters. The predicted molar refractivity (Wildman–Crippen MR) is 103 cm³/mol. The van der Waals surface area contributed by atoms with Gasteiger partial charge in [0.1, 0.15) is 11.6 Å². The first-order valence-electron chi connectivity index (χ1n) is 8.14. The molecule has 1 amide bonds. The number of hydrogen-bond acceptors (Lipinski definition) is 5. The smallest absolute Gasteiger partial charge is 0.262 e. The van der Waals surface area contributed by atoms with E-state index in [-0.39, 0.29) is 18.3 Å². The fraction of sp³-hybridized carbons (Fsp3) is 0.105. The second-order valence-electron chi connectivity index (χ2n) is 5.78. The molecule has 0 fully saturated rings. The lowest BCUT2D eigenvalue weighted by molar-refractivity contribution is -0.118. The molecule has 1 aliphatic rings. The fourth-order valence-electron chi connectivity index (χ4n) is 2.68. The first kappa shape index (κ1) is 17.2. The van der Waals surface area contributed by atoms with Crippen LogP contribution in [0.4, 0.5) is 10.1 Å². The molecular weight excluding hydrogens is 367 g/mol. The summed E-state index contributed by atoms with van der Waals surface area (Å²) in [6.45, 7) is 0.0195. The zero-order valence-corrected chi connectivity index (χ0v) is 15.2. The first-order chi connectivity index (χ1) is 13.1. The Hall–Kier alpha value is -3.26. The fourth-order valence-corrected chi connectivity index (χ4v) is 3.48. The Balaban J connectivity index is 1.74. The summed E-state index contributed by atoms with van der Waals surface area (Å²) in [5.74, 6) is 0.158. The molecule has 2 heterocycles.